The fourth-order valence-corrected chi connectivity index (χ4v) is 4.92. The summed E-state index contributed by atoms with van der Waals surface area (Å²) in [4.78, 5) is 21.1. The number of pyridine rings is 3. The Hall–Kier alpha value is -4.67. The molecule has 0 aliphatic carbocycles. The van der Waals surface area contributed by atoms with Crippen LogP contribution in [0.1, 0.15) is 5.56 Å². The molecule has 0 spiro atoms. The Bertz CT molecular complexity index is 1840. The van der Waals surface area contributed by atoms with Crippen LogP contribution in [0.15, 0.2) is 67.4 Å². The standard InChI is InChI=1S/C31H31FN8O/c1-39(2)5-6-41-23-9-20(8-22(32)10-23)26-15-34-16-29-24(26)11-28(36-29)31-25-12-27(35-17-30(25)37-38-31)21-7-19(13-33-14-21)18-40(3)4/h7-17,36H,5-6,18H2,1-4H3,(H,37,38). The second-order valence-electron chi connectivity index (χ2n) is 10.7. The van der Waals surface area contributed by atoms with Gasteiger partial charge in [-0.1, -0.05) is 0 Å². The van der Waals surface area contributed by atoms with Crippen molar-refractivity contribution in [3.63, 3.8) is 0 Å². The Morgan fingerprint density at radius 3 is 2.49 bits per heavy atom. The Kier molecular flexibility index (Phi) is 7.17. The van der Waals surface area contributed by atoms with E-state index in [2.05, 4.69) is 41.1 Å². The molecule has 10 heteroatoms. The Morgan fingerprint density at radius 2 is 1.66 bits per heavy atom. The van der Waals surface area contributed by atoms with E-state index in [1.54, 1.807) is 18.6 Å². The molecule has 9 nitrogen and oxygen atoms in total. The van der Waals surface area contributed by atoms with Gasteiger partial charge in [-0.2, -0.15) is 5.10 Å². The van der Waals surface area contributed by atoms with E-state index < -0.39 is 0 Å². The zero-order chi connectivity index (χ0) is 28.5. The molecule has 5 aromatic heterocycles. The molecular formula is C31H31FN8O. The smallest absolute Gasteiger partial charge is 0.127 e. The molecule has 6 aromatic rings. The Morgan fingerprint density at radius 1 is 0.805 bits per heavy atom. The summed E-state index contributed by atoms with van der Waals surface area (Å²) in [6, 6.07) is 10.9. The topological polar surface area (TPSA) is 98.8 Å². The average Bonchev–Trinajstić information content (AvgIpc) is 3.56. The lowest BCUT2D eigenvalue weighted by Gasteiger charge is -2.12. The van der Waals surface area contributed by atoms with E-state index in [-0.39, 0.29) is 5.82 Å². The quantitative estimate of drug-likeness (QED) is 0.250. The Labute approximate surface area is 237 Å². The normalized spacial score (nSPS) is 11.8. The second-order valence-corrected chi connectivity index (χ2v) is 10.7. The summed E-state index contributed by atoms with van der Waals surface area (Å²) in [5.74, 6) is 0.120. The molecule has 0 atom stereocenters. The third kappa shape index (κ3) is 5.65. The maximum atomic E-state index is 14.6. The maximum absolute atomic E-state index is 14.6. The average molecular weight is 551 g/mol. The number of aromatic nitrogens is 6. The van der Waals surface area contributed by atoms with Crippen LogP contribution in [0.25, 0.3) is 55.6 Å². The number of nitrogens with one attached hydrogen (secondary N) is 2. The number of H-pyrrole nitrogens is 2. The van der Waals surface area contributed by atoms with E-state index >= 15 is 0 Å². The number of likely N-dealkylation sites (N-methyl/N-ethyl adjacent to an activating group) is 1. The highest BCUT2D eigenvalue weighted by Gasteiger charge is 2.16. The lowest BCUT2D eigenvalue weighted by molar-refractivity contribution is 0.260. The second kappa shape index (κ2) is 11.1. The molecule has 1 aromatic carbocycles. The summed E-state index contributed by atoms with van der Waals surface area (Å²) in [7, 11) is 8.00. The van der Waals surface area contributed by atoms with Gasteiger partial charge in [0.05, 0.1) is 34.8 Å². The highest BCUT2D eigenvalue weighted by atomic mass is 19.1. The summed E-state index contributed by atoms with van der Waals surface area (Å²) >= 11 is 0. The molecule has 41 heavy (non-hydrogen) atoms. The number of hydrogen-bond acceptors (Lipinski definition) is 7. The summed E-state index contributed by atoms with van der Waals surface area (Å²) in [5, 5.41) is 9.54. The highest BCUT2D eigenvalue weighted by molar-refractivity contribution is 6.01. The van der Waals surface area contributed by atoms with Crippen molar-refractivity contribution < 1.29 is 9.13 Å². The van der Waals surface area contributed by atoms with Crippen molar-refractivity contribution in [1.29, 1.82) is 0 Å². The van der Waals surface area contributed by atoms with Gasteiger partial charge in [0.25, 0.3) is 0 Å². The van der Waals surface area contributed by atoms with Crippen molar-refractivity contribution in [3.05, 3.63) is 78.8 Å². The van der Waals surface area contributed by atoms with Crippen molar-refractivity contribution in [1.82, 2.24) is 39.9 Å². The van der Waals surface area contributed by atoms with Crippen LogP contribution in [0.3, 0.4) is 0 Å². The lowest BCUT2D eigenvalue weighted by atomic mass is 10.0. The van der Waals surface area contributed by atoms with Gasteiger partial charge in [-0.05, 0) is 69.6 Å². The van der Waals surface area contributed by atoms with Crippen molar-refractivity contribution in [2.45, 2.75) is 6.54 Å². The van der Waals surface area contributed by atoms with Crippen LogP contribution in [-0.2, 0) is 6.54 Å². The van der Waals surface area contributed by atoms with Crippen LogP contribution in [0.5, 0.6) is 5.75 Å². The molecule has 0 amide bonds. The molecule has 208 valence electrons. The van der Waals surface area contributed by atoms with E-state index in [1.807, 2.05) is 63.7 Å². The molecule has 0 unspecified atom stereocenters. The van der Waals surface area contributed by atoms with Crippen molar-refractivity contribution in [3.8, 4) is 39.5 Å². The van der Waals surface area contributed by atoms with E-state index in [0.29, 0.717) is 17.9 Å². The molecule has 0 saturated carbocycles. The zero-order valence-electron chi connectivity index (χ0n) is 23.4. The van der Waals surface area contributed by atoms with Crippen LogP contribution in [0.4, 0.5) is 4.39 Å². The molecule has 0 bridgehead atoms. The first-order valence-corrected chi connectivity index (χ1v) is 13.3. The maximum Gasteiger partial charge on any atom is 0.127 e. The molecule has 2 N–H and O–H groups in total. The van der Waals surface area contributed by atoms with Gasteiger partial charge in [0.2, 0.25) is 0 Å². The van der Waals surface area contributed by atoms with E-state index in [1.165, 1.54) is 12.1 Å². The predicted molar refractivity (Wildman–Crippen MR) is 159 cm³/mol. The van der Waals surface area contributed by atoms with Crippen molar-refractivity contribution in [2.75, 3.05) is 41.3 Å². The number of rotatable bonds is 9. The predicted octanol–water partition coefficient (Wildman–Crippen LogP) is 5.37. The number of benzene rings is 1. The van der Waals surface area contributed by atoms with Gasteiger partial charge in [-0.3, -0.25) is 20.1 Å². The van der Waals surface area contributed by atoms with Crippen molar-refractivity contribution >= 4 is 21.8 Å². The molecule has 0 saturated heterocycles. The number of nitrogens with zero attached hydrogens (tertiary/aromatic N) is 6. The molecular weight excluding hydrogens is 519 g/mol. The van der Waals surface area contributed by atoms with Crippen LogP contribution >= 0.6 is 0 Å². The van der Waals surface area contributed by atoms with Crippen LogP contribution in [-0.4, -0.2) is 81.3 Å². The van der Waals surface area contributed by atoms with E-state index in [4.69, 9.17) is 4.74 Å². The minimum Gasteiger partial charge on any atom is -0.492 e. The van der Waals surface area contributed by atoms with E-state index in [9.17, 15) is 4.39 Å². The first-order valence-electron chi connectivity index (χ1n) is 13.3. The molecule has 0 fully saturated rings. The minimum absolute atomic E-state index is 0.363. The summed E-state index contributed by atoms with van der Waals surface area (Å²) < 4.78 is 20.4. The largest absolute Gasteiger partial charge is 0.492 e. The number of hydrogen-bond donors (Lipinski definition) is 2. The van der Waals surface area contributed by atoms with Gasteiger partial charge in [0.15, 0.2) is 0 Å². The Balaban J connectivity index is 1.37. The van der Waals surface area contributed by atoms with Crippen molar-refractivity contribution in [2.24, 2.45) is 0 Å². The molecule has 6 rings (SSSR count). The summed E-state index contributed by atoms with van der Waals surface area (Å²) in [6.07, 6.45) is 9.00. The first-order chi connectivity index (χ1) is 19.8. The number of ether oxygens (including phenoxy) is 1. The molecule has 0 radical (unpaired) electrons. The monoisotopic (exact) mass is 550 g/mol. The van der Waals surface area contributed by atoms with Crippen LogP contribution in [0, 0.1) is 5.82 Å². The van der Waals surface area contributed by atoms with Gasteiger partial charge < -0.3 is 19.5 Å². The van der Waals surface area contributed by atoms with Gasteiger partial charge in [0.1, 0.15) is 23.9 Å². The lowest BCUT2D eigenvalue weighted by Crippen LogP contribution is -2.19. The summed E-state index contributed by atoms with van der Waals surface area (Å²) in [6.45, 7) is 1.99. The third-order valence-electron chi connectivity index (χ3n) is 6.83. The third-order valence-corrected chi connectivity index (χ3v) is 6.83. The van der Waals surface area contributed by atoms with Gasteiger partial charge in [0, 0.05) is 59.6 Å². The zero-order valence-corrected chi connectivity index (χ0v) is 23.4. The number of fused-ring (bicyclic) bond motifs is 2. The van der Waals surface area contributed by atoms with Gasteiger partial charge in [-0.15, -0.1) is 0 Å². The highest BCUT2D eigenvalue weighted by Crippen LogP contribution is 2.35. The number of halogens is 1. The number of aromatic amines is 2. The van der Waals surface area contributed by atoms with Crippen LogP contribution in [0.2, 0.25) is 0 Å². The molecule has 0 aliphatic rings. The van der Waals surface area contributed by atoms with Gasteiger partial charge in [-0.25, -0.2) is 4.39 Å². The first kappa shape index (κ1) is 26.5. The molecule has 5 heterocycles. The SMILES string of the molecule is CN(C)CCOc1cc(F)cc(-c2cncc3[nH]c(-c4n[nH]c5cnc(-c6cncc(CN(C)C)c6)cc45)cc23)c1. The van der Waals surface area contributed by atoms with E-state index in [0.717, 1.165) is 68.7 Å². The fraction of sp³-hybridized carbons (Fsp3) is 0.226. The van der Waals surface area contributed by atoms with Gasteiger partial charge >= 0.3 is 0 Å². The minimum atomic E-state index is -0.363. The molecule has 0 aliphatic heterocycles. The van der Waals surface area contributed by atoms with Crippen LogP contribution < -0.4 is 4.74 Å². The fourth-order valence-electron chi connectivity index (χ4n) is 4.92. The summed E-state index contributed by atoms with van der Waals surface area (Å²) in [5.41, 5.74) is 7.58.